The minimum absolute atomic E-state index is 0.0951. The molecule has 0 unspecified atom stereocenters. The van der Waals surface area contributed by atoms with Crippen LogP contribution in [0.4, 0.5) is 11.4 Å². The summed E-state index contributed by atoms with van der Waals surface area (Å²) in [4.78, 5) is 23.4. The second-order valence-electron chi connectivity index (χ2n) is 6.00. The number of carbonyl (C=O) groups is 2. The minimum atomic E-state index is -3.52. The number of anilines is 2. The molecule has 2 aromatic rings. The summed E-state index contributed by atoms with van der Waals surface area (Å²) in [6, 6.07) is 12.5. The lowest BCUT2D eigenvalue weighted by atomic mass is 10.0. The Labute approximate surface area is 163 Å². The Morgan fingerprint density at radius 3 is 1.96 bits per heavy atom. The molecule has 3 N–H and O–H groups in total. The molecule has 144 valence electrons. The first-order valence-corrected chi connectivity index (χ1v) is 10.3. The SMILES string of the molecule is CC(=O)Nc1ccc(NC(=O)C[C@H](NS(C)(=O)=O)c2ccc(Cl)cc2)cc1. The smallest absolute Gasteiger partial charge is 0.226 e. The molecule has 2 amide bonds. The van der Waals surface area contributed by atoms with Gasteiger partial charge in [-0.05, 0) is 42.0 Å². The van der Waals surface area contributed by atoms with Crippen molar-refractivity contribution < 1.29 is 18.0 Å². The van der Waals surface area contributed by atoms with Crippen LogP contribution in [0.3, 0.4) is 0 Å². The van der Waals surface area contributed by atoms with E-state index in [1.807, 2.05) is 0 Å². The fourth-order valence-electron chi connectivity index (χ4n) is 2.42. The Balaban J connectivity index is 2.08. The van der Waals surface area contributed by atoms with E-state index in [2.05, 4.69) is 15.4 Å². The topological polar surface area (TPSA) is 104 Å². The maximum absolute atomic E-state index is 12.4. The van der Waals surface area contributed by atoms with Crippen LogP contribution in [0.25, 0.3) is 0 Å². The summed E-state index contributed by atoms with van der Waals surface area (Å²) in [5, 5.41) is 5.85. The zero-order chi connectivity index (χ0) is 20.0. The number of benzene rings is 2. The number of amides is 2. The average molecular weight is 410 g/mol. The molecule has 0 saturated heterocycles. The summed E-state index contributed by atoms with van der Waals surface area (Å²) >= 11 is 5.86. The molecule has 9 heteroatoms. The zero-order valence-electron chi connectivity index (χ0n) is 14.8. The van der Waals surface area contributed by atoms with Gasteiger partial charge in [0.25, 0.3) is 0 Å². The highest BCUT2D eigenvalue weighted by Gasteiger charge is 2.20. The molecular formula is C18H20ClN3O4S. The van der Waals surface area contributed by atoms with Crippen molar-refractivity contribution >= 4 is 44.8 Å². The molecular weight excluding hydrogens is 390 g/mol. The van der Waals surface area contributed by atoms with Gasteiger partial charge < -0.3 is 10.6 Å². The van der Waals surface area contributed by atoms with Gasteiger partial charge in [-0.3, -0.25) is 9.59 Å². The van der Waals surface area contributed by atoms with Crippen LogP contribution >= 0.6 is 11.6 Å². The molecule has 0 radical (unpaired) electrons. The van der Waals surface area contributed by atoms with Crippen LogP contribution in [0.2, 0.25) is 5.02 Å². The molecule has 0 heterocycles. The third-order valence-electron chi connectivity index (χ3n) is 3.51. The van der Waals surface area contributed by atoms with Crippen molar-refractivity contribution in [1.29, 1.82) is 0 Å². The van der Waals surface area contributed by atoms with E-state index >= 15 is 0 Å². The van der Waals surface area contributed by atoms with E-state index in [-0.39, 0.29) is 18.2 Å². The first-order chi connectivity index (χ1) is 12.6. The van der Waals surface area contributed by atoms with E-state index < -0.39 is 16.1 Å². The third kappa shape index (κ3) is 7.38. The number of hydrogen-bond acceptors (Lipinski definition) is 4. The first kappa shape index (κ1) is 20.9. The maximum atomic E-state index is 12.4. The molecule has 0 fully saturated rings. The van der Waals surface area contributed by atoms with Crippen molar-refractivity contribution in [1.82, 2.24) is 4.72 Å². The number of nitrogens with one attached hydrogen (secondary N) is 3. The van der Waals surface area contributed by atoms with E-state index in [1.165, 1.54) is 6.92 Å². The molecule has 0 aliphatic carbocycles. The van der Waals surface area contributed by atoms with E-state index in [4.69, 9.17) is 11.6 Å². The van der Waals surface area contributed by atoms with E-state index in [0.29, 0.717) is 22.0 Å². The fraction of sp³-hybridized carbons (Fsp3) is 0.222. The highest BCUT2D eigenvalue weighted by atomic mass is 35.5. The molecule has 0 spiro atoms. The van der Waals surface area contributed by atoms with Gasteiger partial charge in [0, 0.05) is 29.7 Å². The second kappa shape index (κ2) is 8.98. The summed E-state index contributed by atoms with van der Waals surface area (Å²) in [7, 11) is -3.52. The zero-order valence-corrected chi connectivity index (χ0v) is 16.4. The van der Waals surface area contributed by atoms with E-state index in [9.17, 15) is 18.0 Å². The lowest BCUT2D eigenvalue weighted by molar-refractivity contribution is -0.116. The Morgan fingerprint density at radius 1 is 0.963 bits per heavy atom. The molecule has 0 aromatic heterocycles. The molecule has 0 bridgehead atoms. The number of rotatable bonds is 7. The van der Waals surface area contributed by atoms with Crippen LogP contribution < -0.4 is 15.4 Å². The fourth-order valence-corrected chi connectivity index (χ4v) is 3.28. The van der Waals surface area contributed by atoms with Crippen molar-refractivity contribution in [3.05, 3.63) is 59.1 Å². The minimum Gasteiger partial charge on any atom is -0.326 e. The van der Waals surface area contributed by atoms with Crippen LogP contribution in [0.15, 0.2) is 48.5 Å². The molecule has 2 rings (SSSR count). The van der Waals surface area contributed by atoms with Gasteiger partial charge in [0.05, 0.1) is 12.3 Å². The van der Waals surface area contributed by atoms with Crippen LogP contribution in [-0.2, 0) is 19.6 Å². The Hall–Kier alpha value is -2.42. The van der Waals surface area contributed by atoms with Gasteiger partial charge in [-0.2, -0.15) is 0 Å². The highest BCUT2D eigenvalue weighted by Crippen LogP contribution is 2.21. The highest BCUT2D eigenvalue weighted by molar-refractivity contribution is 7.88. The maximum Gasteiger partial charge on any atom is 0.226 e. The standard InChI is InChI=1S/C18H20ClN3O4S/c1-12(23)20-15-7-9-16(10-8-15)21-18(24)11-17(22-27(2,25)26)13-3-5-14(19)6-4-13/h3-10,17,22H,11H2,1-2H3,(H,20,23)(H,21,24)/t17-/m0/s1. The van der Waals surface area contributed by atoms with Crippen LogP contribution in [-0.4, -0.2) is 26.5 Å². The predicted molar refractivity (Wildman–Crippen MR) is 106 cm³/mol. The van der Waals surface area contributed by atoms with Crippen molar-refractivity contribution in [3.8, 4) is 0 Å². The van der Waals surface area contributed by atoms with E-state index in [1.54, 1.807) is 48.5 Å². The quantitative estimate of drug-likeness (QED) is 0.653. The number of halogens is 1. The second-order valence-corrected chi connectivity index (χ2v) is 8.22. The lowest BCUT2D eigenvalue weighted by Crippen LogP contribution is -2.30. The lowest BCUT2D eigenvalue weighted by Gasteiger charge is -2.18. The predicted octanol–water partition coefficient (Wildman–Crippen LogP) is 2.92. The van der Waals surface area contributed by atoms with Crippen molar-refractivity contribution in [2.45, 2.75) is 19.4 Å². The van der Waals surface area contributed by atoms with Crippen molar-refractivity contribution in [3.63, 3.8) is 0 Å². The summed E-state index contributed by atoms with van der Waals surface area (Å²) in [6.07, 6.45) is 0.941. The summed E-state index contributed by atoms with van der Waals surface area (Å²) in [6.45, 7) is 1.40. The van der Waals surface area contributed by atoms with Crippen molar-refractivity contribution in [2.75, 3.05) is 16.9 Å². The van der Waals surface area contributed by atoms with Gasteiger partial charge in [-0.1, -0.05) is 23.7 Å². The summed E-state index contributed by atoms with van der Waals surface area (Å²) in [5.41, 5.74) is 1.77. The van der Waals surface area contributed by atoms with Gasteiger partial charge in [-0.25, -0.2) is 13.1 Å². The Kier molecular flexibility index (Phi) is 6.95. The van der Waals surface area contributed by atoms with Gasteiger partial charge >= 0.3 is 0 Å². The number of sulfonamides is 1. The summed E-state index contributed by atoms with van der Waals surface area (Å²) < 4.78 is 25.7. The largest absolute Gasteiger partial charge is 0.326 e. The Bertz CT molecular complexity index is 913. The molecule has 7 nitrogen and oxygen atoms in total. The molecule has 2 aromatic carbocycles. The number of hydrogen-bond donors (Lipinski definition) is 3. The number of carbonyl (C=O) groups excluding carboxylic acids is 2. The summed E-state index contributed by atoms with van der Waals surface area (Å²) in [5.74, 6) is -0.553. The average Bonchev–Trinajstić information content (AvgIpc) is 2.55. The van der Waals surface area contributed by atoms with Gasteiger partial charge in [0.15, 0.2) is 0 Å². The van der Waals surface area contributed by atoms with Gasteiger partial charge in [0.1, 0.15) is 0 Å². The van der Waals surface area contributed by atoms with Crippen LogP contribution in [0.5, 0.6) is 0 Å². The third-order valence-corrected chi connectivity index (χ3v) is 4.47. The molecule has 27 heavy (non-hydrogen) atoms. The van der Waals surface area contributed by atoms with Gasteiger partial charge in [-0.15, -0.1) is 0 Å². The molecule has 0 aliphatic rings. The molecule has 0 aliphatic heterocycles. The van der Waals surface area contributed by atoms with Crippen LogP contribution in [0, 0.1) is 0 Å². The molecule has 0 saturated carbocycles. The van der Waals surface area contributed by atoms with Crippen molar-refractivity contribution in [2.24, 2.45) is 0 Å². The van der Waals surface area contributed by atoms with Gasteiger partial charge in [0.2, 0.25) is 21.8 Å². The normalized spacial score (nSPS) is 12.3. The first-order valence-electron chi connectivity index (χ1n) is 8.02. The monoisotopic (exact) mass is 409 g/mol. The Morgan fingerprint density at radius 2 is 1.48 bits per heavy atom. The van der Waals surface area contributed by atoms with Crippen LogP contribution in [0.1, 0.15) is 24.9 Å². The molecule has 1 atom stereocenters. The van der Waals surface area contributed by atoms with E-state index in [0.717, 1.165) is 6.26 Å².